The van der Waals surface area contributed by atoms with Crippen molar-refractivity contribution >= 4 is 17.6 Å². The third-order valence-corrected chi connectivity index (χ3v) is 5.00. The molecule has 0 aliphatic heterocycles. The van der Waals surface area contributed by atoms with Crippen molar-refractivity contribution in [3.05, 3.63) is 65.5 Å². The van der Waals surface area contributed by atoms with E-state index in [4.69, 9.17) is 0 Å². The lowest BCUT2D eigenvalue weighted by Crippen LogP contribution is -2.38. The fraction of sp³-hybridized carbons (Fsp3) is 0.364. The van der Waals surface area contributed by atoms with Gasteiger partial charge in [-0.2, -0.15) is 0 Å². The predicted molar refractivity (Wildman–Crippen MR) is 110 cm³/mol. The Labute approximate surface area is 165 Å². The van der Waals surface area contributed by atoms with Crippen molar-refractivity contribution in [2.45, 2.75) is 32.4 Å². The number of halogens is 1. The van der Waals surface area contributed by atoms with Crippen LogP contribution in [-0.2, 0) is 17.9 Å². The summed E-state index contributed by atoms with van der Waals surface area (Å²) in [4.78, 5) is 18.4. The van der Waals surface area contributed by atoms with Gasteiger partial charge in [-0.15, -0.1) is 0 Å². The number of aliphatic imine (C=N–C) groups is 1. The molecule has 0 heterocycles. The minimum Gasteiger partial charge on any atom is -0.352 e. The number of nitrogens with one attached hydrogen (secondary N) is 2. The molecule has 0 saturated heterocycles. The average molecular weight is 382 g/mol. The first-order valence-electron chi connectivity index (χ1n) is 9.61. The van der Waals surface area contributed by atoms with Gasteiger partial charge in [0.05, 0.1) is 0 Å². The van der Waals surface area contributed by atoms with Crippen LogP contribution in [0.3, 0.4) is 0 Å². The molecule has 1 aliphatic carbocycles. The topological polar surface area (TPSA) is 56.7 Å². The lowest BCUT2D eigenvalue weighted by Gasteiger charge is -2.24. The van der Waals surface area contributed by atoms with Crippen LogP contribution in [0.1, 0.15) is 30.4 Å². The summed E-state index contributed by atoms with van der Waals surface area (Å²) in [6.07, 6.45) is 3.12. The normalized spacial score (nSPS) is 14.3. The molecule has 0 unspecified atom stereocenters. The van der Waals surface area contributed by atoms with Crippen LogP contribution in [0.25, 0.3) is 0 Å². The molecular formula is C22H27FN4O. The van der Waals surface area contributed by atoms with E-state index in [0.29, 0.717) is 19.0 Å². The van der Waals surface area contributed by atoms with E-state index in [0.717, 1.165) is 36.1 Å². The maximum atomic E-state index is 13.4. The zero-order valence-electron chi connectivity index (χ0n) is 16.4. The number of benzene rings is 2. The lowest BCUT2D eigenvalue weighted by molar-refractivity contribution is -0.122. The number of guanidine groups is 1. The molecule has 2 aromatic rings. The van der Waals surface area contributed by atoms with Crippen LogP contribution in [0.15, 0.2) is 53.5 Å². The van der Waals surface area contributed by atoms with Crippen molar-refractivity contribution in [3.8, 4) is 0 Å². The number of amides is 1. The molecule has 1 saturated carbocycles. The van der Waals surface area contributed by atoms with Crippen LogP contribution in [0, 0.1) is 11.7 Å². The fourth-order valence-corrected chi connectivity index (χ4v) is 3.22. The molecule has 1 aliphatic rings. The maximum Gasteiger partial charge on any atom is 0.227 e. The average Bonchev–Trinajstić information content (AvgIpc) is 2.61. The first kappa shape index (κ1) is 19.9. The van der Waals surface area contributed by atoms with E-state index in [2.05, 4.69) is 15.6 Å². The second kappa shape index (κ2) is 9.35. The number of carbonyl (C=O) groups is 1. The summed E-state index contributed by atoms with van der Waals surface area (Å²) in [5, 5.41) is 6.32. The van der Waals surface area contributed by atoms with E-state index in [9.17, 15) is 9.18 Å². The Bertz CT molecular complexity index is 848. The molecule has 28 heavy (non-hydrogen) atoms. The number of rotatable bonds is 6. The molecule has 148 valence electrons. The van der Waals surface area contributed by atoms with Gasteiger partial charge < -0.3 is 15.5 Å². The van der Waals surface area contributed by atoms with Crippen LogP contribution in [0.5, 0.6) is 0 Å². The fourth-order valence-electron chi connectivity index (χ4n) is 3.22. The van der Waals surface area contributed by atoms with Crippen LogP contribution in [0.2, 0.25) is 0 Å². The van der Waals surface area contributed by atoms with E-state index in [1.165, 1.54) is 12.1 Å². The van der Waals surface area contributed by atoms with Gasteiger partial charge in [0.2, 0.25) is 5.91 Å². The lowest BCUT2D eigenvalue weighted by atomic mass is 9.85. The van der Waals surface area contributed by atoms with Crippen molar-refractivity contribution in [1.29, 1.82) is 0 Å². The van der Waals surface area contributed by atoms with E-state index in [1.54, 1.807) is 13.1 Å². The van der Waals surface area contributed by atoms with Crippen LogP contribution in [-0.4, -0.2) is 30.9 Å². The Hall–Kier alpha value is -2.89. The number of nitrogens with zero attached hydrogens (tertiary/aromatic N) is 2. The summed E-state index contributed by atoms with van der Waals surface area (Å²) in [6.45, 7) is 1.13. The third-order valence-electron chi connectivity index (χ3n) is 5.00. The molecule has 1 fully saturated rings. The minimum absolute atomic E-state index is 0.113. The largest absolute Gasteiger partial charge is 0.352 e. The molecule has 0 bridgehead atoms. The summed E-state index contributed by atoms with van der Waals surface area (Å²) in [6, 6.07) is 14.4. The molecule has 3 rings (SSSR count). The highest BCUT2D eigenvalue weighted by molar-refractivity contribution is 5.93. The molecule has 2 N–H and O–H groups in total. The molecular weight excluding hydrogens is 355 g/mol. The molecule has 0 spiro atoms. The smallest absolute Gasteiger partial charge is 0.227 e. The molecule has 5 nitrogen and oxygen atoms in total. The van der Waals surface area contributed by atoms with Gasteiger partial charge in [0.1, 0.15) is 5.82 Å². The number of hydrogen-bond donors (Lipinski definition) is 2. The molecule has 0 radical (unpaired) electrons. The SMILES string of the molecule is CN=C(NCc1cccc(NC(=O)C2CCC2)c1)N(C)Cc1cccc(F)c1. The van der Waals surface area contributed by atoms with E-state index in [1.807, 2.05) is 42.3 Å². The highest BCUT2D eigenvalue weighted by atomic mass is 19.1. The molecule has 0 atom stereocenters. The second-order valence-corrected chi connectivity index (χ2v) is 7.20. The van der Waals surface area contributed by atoms with Crippen LogP contribution >= 0.6 is 0 Å². The number of carbonyl (C=O) groups excluding carboxylic acids is 1. The Morgan fingerprint density at radius 1 is 1.18 bits per heavy atom. The van der Waals surface area contributed by atoms with Gasteiger partial charge in [-0.05, 0) is 48.2 Å². The quantitative estimate of drug-likeness (QED) is 0.591. The zero-order chi connectivity index (χ0) is 19.9. The Kier molecular flexibility index (Phi) is 6.63. The van der Waals surface area contributed by atoms with Gasteiger partial charge in [-0.3, -0.25) is 9.79 Å². The number of hydrogen-bond acceptors (Lipinski definition) is 2. The van der Waals surface area contributed by atoms with E-state index in [-0.39, 0.29) is 17.6 Å². The van der Waals surface area contributed by atoms with Crippen LogP contribution in [0.4, 0.5) is 10.1 Å². The van der Waals surface area contributed by atoms with Gasteiger partial charge in [0, 0.05) is 38.8 Å². The molecule has 1 amide bonds. The van der Waals surface area contributed by atoms with E-state index < -0.39 is 0 Å². The van der Waals surface area contributed by atoms with Gasteiger partial charge in [-0.25, -0.2) is 4.39 Å². The van der Waals surface area contributed by atoms with Crippen molar-refractivity contribution in [3.63, 3.8) is 0 Å². The number of anilines is 1. The standard InChI is InChI=1S/C22H27FN4O/c1-24-22(27(2)15-17-7-3-10-19(23)12-17)25-14-16-6-4-11-20(13-16)26-21(28)18-8-5-9-18/h3-4,6-7,10-13,18H,5,8-9,14-15H2,1-2H3,(H,24,25)(H,26,28). The van der Waals surface area contributed by atoms with Gasteiger partial charge in [0.15, 0.2) is 5.96 Å². The highest BCUT2D eigenvalue weighted by Gasteiger charge is 2.25. The third kappa shape index (κ3) is 5.31. The van der Waals surface area contributed by atoms with Gasteiger partial charge >= 0.3 is 0 Å². The van der Waals surface area contributed by atoms with Crippen molar-refractivity contribution in [2.75, 3.05) is 19.4 Å². The Morgan fingerprint density at radius 2 is 1.93 bits per heavy atom. The summed E-state index contributed by atoms with van der Waals surface area (Å²) < 4.78 is 13.4. The second-order valence-electron chi connectivity index (χ2n) is 7.20. The highest BCUT2D eigenvalue weighted by Crippen LogP contribution is 2.27. The van der Waals surface area contributed by atoms with Gasteiger partial charge in [0.25, 0.3) is 0 Å². The summed E-state index contributed by atoms with van der Waals surface area (Å²) >= 11 is 0. The Balaban J connectivity index is 1.55. The maximum absolute atomic E-state index is 13.4. The molecule has 6 heteroatoms. The van der Waals surface area contributed by atoms with Crippen molar-refractivity contribution in [2.24, 2.45) is 10.9 Å². The zero-order valence-corrected chi connectivity index (χ0v) is 16.4. The monoisotopic (exact) mass is 382 g/mol. The summed E-state index contributed by atoms with van der Waals surface area (Å²) in [7, 11) is 3.63. The minimum atomic E-state index is -0.241. The first-order chi connectivity index (χ1) is 13.5. The first-order valence-corrected chi connectivity index (χ1v) is 9.61. The molecule has 2 aromatic carbocycles. The Morgan fingerprint density at radius 3 is 2.61 bits per heavy atom. The summed E-state index contributed by atoms with van der Waals surface area (Å²) in [5.74, 6) is 0.752. The van der Waals surface area contributed by atoms with Crippen molar-refractivity contribution < 1.29 is 9.18 Å². The predicted octanol–water partition coefficient (Wildman–Crippen LogP) is 3.77. The van der Waals surface area contributed by atoms with Gasteiger partial charge in [-0.1, -0.05) is 30.7 Å². The van der Waals surface area contributed by atoms with E-state index >= 15 is 0 Å². The summed E-state index contributed by atoms with van der Waals surface area (Å²) in [5.41, 5.74) is 2.75. The molecule has 0 aromatic heterocycles. The van der Waals surface area contributed by atoms with Crippen LogP contribution < -0.4 is 10.6 Å². The van der Waals surface area contributed by atoms with Crippen molar-refractivity contribution in [1.82, 2.24) is 10.2 Å².